The number of hydrogen-bond acceptors (Lipinski definition) is 11. The van der Waals surface area contributed by atoms with Crippen LogP contribution in [0.15, 0.2) is 29.3 Å². The lowest BCUT2D eigenvalue weighted by molar-refractivity contribution is -0.142. The third-order valence-electron chi connectivity index (χ3n) is 10.6. The first-order valence-corrected chi connectivity index (χ1v) is 13.1. The molecule has 8 atom stereocenters. The van der Waals surface area contributed by atoms with Gasteiger partial charge in [-0.2, -0.15) is 0 Å². The molecule has 41 heavy (non-hydrogen) atoms. The van der Waals surface area contributed by atoms with Crippen LogP contribution in [0.1, 0.15) is 43.0 Å². The van der Waals surface area contributed by atoms with E-state index in [-0.39, 0.29) is 16.7 Å². The summed E-state index contributed by atoms with van der Waals surface area (Å²) in [6, 6.07) is 3.72. The summed E-state index contributed by atoms with van der Waals surface area (Å²) in [5.41, 5.74) is -7.12. The number of carbonyl (C=O) groups excluding carboxylic acids is 4. The molecule has 0 aromatic heterocycles. The first-order valence-electron chi connectivity index (χ1n) is 13.1. The van der Waals surface area contributed by atoms with E-state index in [0.29, 0.717) is 5.56 Å². The summed E-state index contributed by atoms with van der Waals surface area (Å²) in [5, 5.41) is 78.8. The fraction of sp³-hybridized carbons (Fsp3) is 0.333. The van der Waals surface area contributed by atoms with Gasteiger partial charge >= 0.3 is 0 Å². The predicted molar refractivity (Wildman–Crippen MR) is 136 cm³/mol. The first kappa shape index (κ1) is 24.3. The van der Waals surface area contributed by atoms with Crippen LogP contribution < -0.4 is 0 Å². The molecule has 2 aromatic carbocycles. The van der Waals surface area contributed by atoms with E-state index < -0.39 is 121 Å². The molecule has 8 unspecified atom stereocenters. The minimum Gasteiger partial charge on any atom is -0.507 e. The number of aliphatic hydroxyl groups is 4. The Labute approximate surface area is 230 Å². The molecule has 0 saturated heterocycles. The highest BCUT2D eigenvalue weighted by Gasteiger charge is 2.90. The van der Waals surface area contributed by atoms with Gasteiger partial charge in [0.15, 0.2) is 23.1 Å². The Kier molecular flexibility index (Phi) is 3.97. The minimum absolute atomic E-state index is 0.0454. The summed E-state index contributed by atoms with van der Waals surface area (Å²) < 4.78 is 0. The van der Waals surface area contributed by atoms with Gasteiger partial charge in [-0.25, -0.2) is 0 Å². The Bertz CT molecular complexity index is 1860. The Hall–Kier alpha value is -4.48. The van der Waals surface area contributed by atoms with Crippen LogP contribution in [-0.2, 0) is 9.59 Å². The second-order valence-corrected chi connectivity index (χ2v) is 12.1. The maximum atomic E-state index is 14.6. The third-order valence-corrected chi connectivity index (χ3v) is 10.6. The summed E-state index contributed by atoms with van der Waals surface area (Å²) in [4.78, 5) is 58.0. The second kappa shape index (κ2) is 6.69. The summed E-state index contributed by atoms with van der Waals surface area (Å²) >= 11 is 0. The normalized spacial score (nSPS) is 37.5. The van der Waals surface area contributed by atoms with E-state index in [2.05, 4.69) is 0 Å². The average molecular weight is 558 g/mol. The van der Waals surface area contributed by atoms with Crippen LogP contribution >= 0.6 is 0 Å². The molecule has 0 radical (unpaired) electrons. The van der Waals surface area contributed by atoms with Gasteiger partial charge in [0.1, 0.15) is 28.8 Å². The zero-order valence-corrected chi connectivity index (χ0v) is 21.5. The van der Waals surface area contributed by atoms with Crippen molar-refractivity contribution >= 4 is 34.7 Å². The van der Waals surface area contributed by atoms with Crippen LogP contribution in [0.25, 0.3) is 11.5 Å². The monoisotopic (exact) mass is 558 g/mol. The Morgan fingerprint density at radius 2 is 1.12 bits per heavy atom. The van der Waals surface area contributed by atoms with Gasteiger partial charge in [-0.15, -0.1) is 0 Å². The molecular formula is C30H22O11. The number of carbonyl (C=O) groups is 4. The molecule has 208 valence electrons. The Morgan fingerprint density at radius 3 is 1.68 bits per heavy atom. The van der Waals surface area contributed by atoms with Gasteiger partial charge in [0.05, 0.1) is 62.7 Å². The van der Waals surface area contributed by atoms with E-state index in [1.807, 2.05) is 0 Å². The van der Waals surface area contributed by atoms with Crippen molar-refractivity contribution in [1.29, 1.82) is 0 Å². The number of ketones is 4. The number of phenolic OH excluding ortho intramolecular Hbond substituents is 3. The van der Waals surface area contributed by atoms with Gasteiger partial charge in [0.25, 0.3) is 0 Å². The molecule has 0 amide bonds. The van der Waals surface area contributed by atoms with E-state index >= 15 is 0 Å². The highest BCUT2D eigenvalue weighted by molar-refractivity contribution is 6.31. The molecule has 4 fully saturated rings. The lowest BCUT2D eigenvalue weighted by atomic mass is 9.46. The maximum absolute atomic E-state index is 14.6. The topological polar surface area (TPSA) is 210 Å². The van der Waals surface area contributed by atoms with E-state index in [9.17, 15) is 54.9 Å². The van der Waals surface area contributed by atoms with Crippen molar-refractivity contribution < 1.29 is 54.9 Å². The number of Topliss-reactive ketones (excluding diaryl/α,β-unsaturated/α-hetero) is 4. The lowest BCUT2D eigenvalue weighted by Gasteiger charge is -2.53. The summed E-state index contributed by atoms with van der Waals surface area (Å²) in [7, 11) is 0. The summed E-state index contributed by atoms with van der Waals surface area (Å²) in [6.45, 7) is 2.96. The zero-order valence-electron chi connectivity index (χ0n) is 21.5. The molecule has 4 bridgehead atoms. The van der Waals surface area contributed by atoms with E-state index in [0.717, 1.165) is 6.07 Å². The standard InChI is InChI=1S/C30H22O11/c1-6-3-8-11(9(31)4-6)21(34)16-25(38)19-23(36)14-15-24(37)18(29(14,16)27(8)40)26(39)17-22(35)12-10(32)5-7(2)20(33)13(12)28(41)30(15,17)19/h3-5,14-15,18-19,23-24,31-37H,1-2H3. The van der Waals surface area contributed by atoms with Gasteiger partial charge in [-0.1, -0.05) is 0 Å². The van der Waals surface area contributed by atoms with Crippen LogP contribution in [0.4, 0.5) is 0 Å². The Morgan fingerprint density at radius 1 is 0.634 bits per heavy atom. The fourth-order valence-electron chi connectivity index (χ4n) is 9.55. The molecule has 7 N–H and O–H groups in total. The fourth-order valence-corrected chi connectivity index (χ4v) is 9.55. The smallest absolute Gasteiger partial charge is 0.179 e. The number of aliphatic hydroxyl groups excluding tert-OH is 4. The number of benzene rings is 2. The molecular weight excluding hydrogens is 536 g/mol. The van der Waals surface area contributed by atoms with Gasteiger partial charge in [-0.05, 0) is 43.2 Å². The summed E-state index contributed by atoms with van der Waals surface area (Å²) in [5.74, 6) is -14.0. The predicted octanol–water partition coefficient (Wildman–Crippen LogP) is 1.40. The second-order valence-electron chi connectivity index (χ2n) is 12.1. The zero-order chi connectivity index (χ0) is 29.4. The van der Waals surface area contributed by atoms with Crippen LogP contribution in [0.3, 0.4) is 0 Å². The van der Waals surface area contributed by atoms with Crippen molar-refractivity contribution in [2.24, 2.45) is 34.5 Å². The lowest BCUT2D eigenvalue weighted by Crippen LogP contribution is -2.65. The largest absolute Gasteiger partial charge is 0.507 e. The first-order chi connectivity index (χ1) is 19.3. The van der Waals surface area contributed by atoms with Crippen LogP contribution in [0, 0.1) is 48.3 Å². The Balaban J connectivity index is 1.56. The number of aromatic hydroxyl groups is 3. The molecule has 0 heterocycles. The average Bonchev–Trinajstić information content (AvgIpc) is 3.24. The van der Waals surface area contributed by atoms with Crippen LogP contribution in [0.5, 0.6) is 17.2 Å². The molecule has 8 rings (SSSR count). The van der Waals surface area contributed by atoms with Gasteiger partial charge < -0.3 is 35.7 Å². The van der Waals surface area contributed by atoms with Crippen molar-refractivity contribution in [3.8, 4) is 17.2 Å². The minimum atomic E-state index is -2.42. The van der Waals surface area contributed by atoms with Gasteiger partial charge in [0, 0.05) is 17.4 Å². The SMILES string of the molecule is Cc1cc(O)c2c(c1)C(=O)C13C(=C2O)C(=O)C2C(O)C1C1C(O)C3C(=O)C3=C(O)c4c(O)cc(C)c(O)c4C(=O)C321. The van der Waals surface area contributed by atoms with Crippen molar-refractivity contribution in [2.45, 2.75) is 26.1 Å². The van der Waals surface area contributed by atoms with E-state index in [1.54, 1.807) is 6.92 Å². The van der Waals surface area contributed by atoms with Crippen molar-refractivity contribution in [1.82, 2.24) is 0 Å². The van der Waals surface area contributed by atoms with Gasteiger partial charge in [0.2, 0.25) is 0 Å². The van der Waals surface area contributed by atoms with Crippen molar-refractivity contribution in [2.75, 3.05) is 0 Å². The van der Waals surface area contributed by atoms with Crippen LogP contribution in [-0.4, -0.2) is 71.1 Å². The quantitative estimate of drug-likeness (QED) is 0.230. The highest BCUT2D eigenvalue weighted by atomic mass is 16.3. The number of hydrogen-bond donors (Lipinski definition) is 7. The summed E-state index contributed by atoms with van der Waals surface area (Å²) in [6.07, 6.45) is -3.54. The molecule has 2 spiro atoms. The van der Waals surface area contributed by atoms with E-state index in [1.165, 1.54) is 19.1 Å². The number of aryl methyl sites for hydroxylation is 2. The molecule has 6 aliphatic carbocycles. The molecule has 4 saturated carbocycles. The number of fused-ring (bicyclic) bond motifs is 4. The number of rotatable bonds is 0. The van der Waals surface area contributed by atoms with Crippen molar-refractivity contribution in [3.63, 3.8) is 0 Å². The molecule has 11 nitrogen and oxygen atoms in total. The maximum Gasteiger partial charge on any atom is 0.179 e. The molecule has 2 aromatic rings. The number of phenols is 3. The molecule has 0 aliphatic heterocycles. The highest BCUT2D eigenvalue weighted by Crippen LogP contribution is 2.80. The molecule has 11 heteroatoms. The third kappa shape index (κ3) is 2.05. The number of allylic oxidation sites excluding steroid dienone is 2. The molecule has 6 aliphatic rings. The van der Waals surface area contributed by atoms with E-state index in [4.69, 9.17) is 0 Å². The van der Waals surface area contributed by atoms with Gasteiger partial charge in [-0.3, -0.25) is 19.2 Å². The van der Waals surface area contributed by atoms with Crippen molar-refractivity contribution in [3.05, 3.63) is 62.7 Å². The van der Waals surface area contributed by atoms with Crippen LogP contribution in [0.2, 0.25) is 0 Å².